The summed E-state index contributed by atoms with van der Waals surface area (Å²) in [6.07, 6.45) is 0. The summed E-state index contributed by atoms with van der Waals surface area (Å²) in [5, 5.41) is 11.7. The van der Waals surface area contributed by atoms with Crippen LogP contribution in [0.2, 0.25) is 10.0 Å². The molecule has 3 aromatic rings. The molecule has 6 nitrogen and oxygen atoms in total. The Balaban J connectivity index is 1.93. The van der Waals surface area contributed by atoms with Crippen LogP contribution in [-0.2, 0) is 9.59 Å². The van der Waals surface area contributed by atoms with Crippen molar-refractivity contribution in [2.45, 2.75) is 26.8 Å². The van der Waals surface area contributed by atoms with Crippen molar-refractivity contribution >= 4 is 46.3 Å². The van der Waals surface area contributed by atoms with Gasteiger partial charge in [0.05, 0.1) is 35.4 Å². The summed E-state index contributed by atoms with van der Waals surface area (Å²) in [7, 11) is 1.42. The number of ketones is 1. The molecule has 1 atom stereocenters. The van der Waals surface area contributed by atoms with E-state index in [-0.39, 0.29) is 26.9 Å². The molecule has 37 heavy (non-hydrogen) atoms. The molecule has 192 valence electrons. The third-order valence-corrected chi connectivity index (χ3v) is 6.52. The molecule has 0 radical (unpaired) electrons. The van der Waals surface area contributed by atoms with Gasteiger partial charge in [-0.3, -0.25) is 14.5 Å². The van der Waals surface area contributed by atoms with Gasteiger partial charge in [0.25, 0.3) is 11.7 Å². The summed E-state index contributed by atoms with van der Waals surface area (Å²) in [5.74, 6) is -0.815. The molecule has 0 aromatic heterocycles. The Labute approximate surface area is 226 Å². The number of carbonyl (C=O) groups excluding carboxylic acids is 2. The number of Topliss-reactive ketones (excluding diaryl/α,β-unsaturated/α-hetero) is 1. The van der Waals surface area contributed by atoms with Gasteiger partial charge in [-0.1, -0.05) is 61.3 Å². The average molecular weight is 540 g/mol. The molecule has 1 amide bonds. The third-order valence-electron chi connectivity index (χ3n) is 5.96. The first-order valence-corrected chi connectivity index (χ1v) is 12.5. The highest BCUT2D eigenvalue weighted by Crippen LogP contribution is 2.44. The Morgan fingerprint density at radius 2 is 1.70 bits per heavy atom. The molecular weight excluding hydrogens is 513 g/mol. The van der Waals surface area contributed by atoms with E-state index < -0.39 is 23.5 Å². The molecule has 1 aliphatic heterocycles. The number of benzene rings is 3. The number of carbonyl (C=O) groups is 2. The topological polar surface area (TPSA) is 76.1 Å². The Hall–Kier alpha value is -3.48. The number of aryl methyl sites for hydroxylation is 1. The Morgan fingerprint density at radius 3 is 2.32 bits per heavy atom. The minimum Gasteiger partial charge on any atom is -0.507 e. The highest BCUT2D eigenvalue weighted by atomic mass is 35.5. The molecular formula is C29H27Cl2NO5. The maximum absolute atomic E-state index is 13.4. The van der Waals surface area contributed by atoms with Crippen LogP contribution in [0.15, 0.2) is 66.2 Å². The minimum atomic E-state index is -0.913. The molecule has 0 aliphatic carbocycles. The van der Waals surface area contributed by atoms with Crippen LogP contribution in [0.3, 0.4) is 0 Å². The monoisotopic (exact) mass is 539 g/mol. The van der Waals surface area contributed by atoms with Crippen LogP contribution >= 0.6 is 23.2 Å². The van der Waals surface area contributed by atoms with E-state index in [0.29, 0.717) is 29.5 Å². The number of ether oxygens (including phenoxy) is 2. The molecule has 1 unspecified atom stereocenters. The fraction of sp³-hybridized carbons (Fsp3) is 0.241. The van der Waals surface area contributed by atoms with Crippen LogP contribution in [0, 0.1) is 12.8 Å². The fourth-order valence-corrected chi connectivity index (χ4v) is 4.92. The third kappa shape index (κ3) is 5.31. The summed E-state index contributed by atoms with van der Waals surface area (Å²) >= 11 is 12.6. The second kappa shape index (κ2) is 10.9. The van der Waals surface area contributed by atoms with Crippen molar-refractivity contribution in [2.75, 3.05) is 18.6 Å². The first-order chi connectivity index (χ1) is 17.6. The van der Waals surface area contributed by atoms with Gasteiger partial charge in [0.2, 0.25) is 0 Å². The van der Waals surface area contributed by atoms with E-state index in [9.17, 15) is 14.7 Å². The van der Waals surface area contributed by atoms with E-state index in [1.165, 1.54) is 24.1 Å². The first kappa shape index (κ1) is 26.6. The van der Waals surface area contributed by atoms with Crippen LogP contribution in [0.1, 0.15) is 36.6 Å². The molecule has 3 aromatic carbocycles. The van der Waals surface area contributed by atoms with Gasteiger partial charge in [-0.15, -0.1) is 0 Å². The molecule has 0 saturated carbocycles. The van der Waals surface area contributed by atoms with Gasteiger partial charge < -0.3 is 14.6 Å². The van der Waals surface area contributed by atoms with Gasteiger partial charge in [0.15, 0.2) is 5.75 Å². The van der Waals surface area contributed by atoms with E-state index in [1.807, 2.05) is 45.0 Å². The second-order valence-corrected chi connectivity index (χ2v) is 10.1. The van der Waals surface area contributed by atoms with Crippen molar-refractivity contribution in [1.82, 2.24) is 0 Å². The predicted molar refractivity (Wildman–Crippen MR) is 146 cm³/mol. The molecule has 1 heterocycles. The Kier molecular flexibility index (Phi) is 7.81. The van der Waals surface area contributed by atoms with Crippen LogP contribution in [0.4, 0.5) is 5.69 Å². The van der Waals surface area contributed by atoms with Gasteiger partial charge in [-0.25, -0.2) is 0 Å². The van der Waals surface area contributed by atoms with Crippen molar-refractivity contribution in [3.63, 3.8) is 0 Å². The summed E-state index contributed by atoms with van der Waals surface area (Å²) in [5.41, 5.74) is 2.17. The number of aliphatic hydroxyl groups excluding tert-OH is 1. The number of nitrogens with zero attached hydrogens (tertiary/aromatic N) is 1. The number of hydrogen-bond donors (Lipinski definition) is 1. The number of anilines is 1. The summed E-state index contributed by atoms with van der Waals surface area (Å²) < 4.78 is 11.1. The number of aliphatic hydroxyl groups is 1. The standard InChI is InChI=1S/C29H27Cl2NO5/c1-16(2)15-37-21-10-6-8-18(12-21)25-24(26(33)19-13-22(30)28(36-4)23(31)14-19)27(34)29(35)32(25)20-9-5-7-17(3)11-20/h5-14,16,25,33H,15H2,1-4H3/b26-24+. The zero-order valence-electron chi connectivity index (χ0n) is 20.9. The lowest BCUT2D eigenvalue weighted by Crippen LogP contribution is -2.29. The maximum Gasteiger partial charge on any atom is 0.300 e. The smallest absolute Gasteiger partial charge is 0.300 e. The number of methoxy groups -OCH3 is 1. The average Bonchev–Trinajstić information content (AvgIpc) is 3.12. The largest absolute Gasteiger partial charge is 0.507 e. The second-order valence-electron chi connectivity index (χ2n) is 9.26. The fourth-order valence-electron chi connectivity index (χ4n) is 4.28. The van der Waals surface area contributed by atoms with Crippen molar-refractivity contribution in [1.29, 1.82) is 0 Å². The molecule has 1 fully saturated rings. The molecule has 1 saturated heterocycles. The van der Waals surface area contributed by atoms with Gasteiger partial charge in [0.1, 0.15) is 11.5 Å². The highest BCUT2D eigenvalue weighted by molar-refractivity contribution is 6.51. The SMILES string of the molecule is COc1c(Cl)cc(/C(O)=C2\C(=O)C(=O)N(c3cccc(C)c3)C2c2cccc(OCC(C)C)c2)cc1Cl. The number of rotatable bonds is 7. The Bertz CT molecular complexity index is 1380. The molecule has 1 aliphatic rings. The van der Waals surface area contributed by atoms with E-state index in [1.54, 1.807) is 24.3 Å². The summed E-state index contributed by atoms with van der Waals surface area (Å²) in [6.45, 7) is 6.49. The zero-order chi connectivity index (χ0) is 26.9. The van der Waals surface area contributed by atoms with Crippen molar-refractivity contribution in [3.8, 4) is 11.5 Å². The van der Waals surface area contributed by atoms with Crippen LogP contribution in [0.5, 0.6) is 11.5 Å². The molecule has 0 spiro atoms. The summed E-state index contributed by atoms with van der Waals surface area (Å²) in [4.78, 5) is 28.2. The van der Waals surface area contributed by atoms with Crippen molar-refractivity contribution in [3.05, 3.63) is 93.0 Å². The van der Waals surface area contributed by atoms with E-state index in [0.717, 1.165) is 5.56 Å². The highest BCUT2D eigenvalue weighted by Gasteiger charge is 2.47. The lowest BCUT2D eigenvalue weighted by Gasteiger charge is -2.26. The summed E-state index contributed by atoms with van der Waals surface area (Å²) in [6, 6.07) is 16.4. The number of halogens is 2. The lowest BCUT2D eigenvalue weighted by atomic mass is 9.94. The number of amides is 1. The van der Waals surface area contributed by atoms with E-state index in [4.69, 9.17) is 32.7 Å². The molecule has 4 rings (SSSR count). The zero-order valence-corrected chi connectivity index (χ0v) is 22.4. The quantitative estimate of drug-likeness (QED) is 0.199. The molecule has 0 bridgehead atoms. The normalized spacial score (nSPS) is 16.9. The minimum absolute atomic E-state index is 0.0789. The Morgan fingerprint density at radius 1 is 1.03 bits per heavy atom. The first-order valence-electron chi connectivity index (χ1n) is 11.8. The predicted octanol–water partition coefficient (Wildman–Crippen LogP) is 6.97. The van der Waals surface area contributed by atoms with Crippen LogP contribution in [0.25, 0.3) is 5.76 Å². The lowest BCUT2D eigenvalue weighted by molar-refractivity contribution is -0.132. The van der Waals surface area contributed by atoms with Crippen LogP contribution in [-0.4, -0.2) is 30.5 Å². The molecule has 1 N–H and O–H groups in total. The van der Waals surface area contributed by atoms with E-state index >= 15 is 0 Å². The van der Waals surface area contributed by atoms with E-state index in [2.05, 4.69) is 0 Å². The van der Waals surface area contributed by atoms with Crippen molar-refractivity contribution < 1.29 is 24.2 Å². The number of hydrogen-bond acceptors (Lipinski definition) is 5. The maximum atomic E-state index is 13.4. The van der Waals surface area contributed by atoms with Gasteiger partial charge in [-0.05, 0) is 60.4 Å². The molecule has 8 heteroatoms. The van der Waals surface area contributed by atoms with Gasteiger partial charge in [-0.2, -0.15) is 0 Å². The van der Waals surface area contributed by atoms with Gasteiger partial charge >= 0.3 is 0 Å². The van der Waals surface area contributed by atoms with Gasteiger partial charge in [0, 0.05) is 11.3 Å². The van der Waals surface area contributed by atoms with Crippen molar-refractivity contribution in [2.24, 2.45) is 5.92 Å². The van der Waals surface area contributed by atoms with Crippen LogP contribution < -0.4 is 14.4 Å².